The Bertz CT molecular complexity index is 599. The summed E-state index contributed by atoms with van der Waals surface area (Å²) in [6.45, 7) is 4.22. The van der Waals surface area contributed by atoms with Crippen molar-refractivity contribution in [3.05, 3.63) is 51.9 Å². The highest BCUT2D eigenvalue weighted by Crippen LogP contribution is 2.26. The molecule has 0 saturated heterocycles. The number of benzene rings is 1. The fourth-order valence-corrected chi connectivity index (χ4v) is 2.45. The molecule has 0 radical (unpaired) electrons. The van der Waals surface area contributed by atoms with Crippen LogP contribution in [0.15, 0.2) is 30.3 Å². The van der Waals surface area contributed by atoms with E-state index < -0.39 is 0 Å². The molecule has 1 heterocycles. The number of anilines is 1. The molecule has 1 aromatic carbocycles. The Morgan fingerprint density at radius 1 is 1.14 bits per heavy atom. The summed E-state index contributed by atoms with van der Waals surface area (Å²) in [5.41, 5.74) is 1.17. The van der Waals surface area contributed by atoms with Crippen LogP contribution in [-0.2, 0) is 6.42 Å². The van der Waals surface area contributed by atoms with Crippen molar-refractivity contribution in [3.8, 4) is 0 Å². The fraction of sp³-hybridized carbons (Fsp3) is 0.375. The molecule has 0 bridgehead atoms. The molecule has 1 aromatic heterocycles. The highest BCUT2D eigenvalue weighted by atomic mass is 35.5. The Balaban J connectivity index is 2.26. The summed E-state index contributed by atoms with van der Waals surface area (Å²) in [4.78, 5) is 10.9. The predicted molar refractivity (Wildman–Crippen MR) is 89.3 cm³/mol. The molecule has 0 N–H and O–H groups in total. The fourth-order valence-electron chi connectivity index (χ4n) is 2.13. The molecule has 112 valence electrons. The molecule has 0 aliphatic rings. The maximum atomic E-state index is 6.11. The van der Waals surface area contributed by atoms with Gasteiger partial charge in [-0.3, -0.25) is 0 Å². The first-order valence-electron chi connectivity index (χ1n) is 7.03. The molecule has 0 aliphatic heterocycles. The Labute approximate surface area is 135 Å². The molecule has 3 nitrogen and oxygen atoms in total. The second kappa shape index (κ2) is 7.10. The van der Waals surface area contributed by atoms with Crippen molar-refractivity contribution >= 4 is 29.0 Å². The summed E-state index contributed by atoms with van der Waals surface area (Å²) in [7, 11) is 2.01. The van der Waals surface area contributed by atoms with Gasteiger partial charge in [-0.25, -0.2) is 9.97 Å². The summed E-state index contributed by atoms with van der Waals surface area (Å²) < 4.78 is 0. The van der Waals surface area contributed by atoms with E-state index in [-0.39, 0.29) is 6.04 Å². The Kier molecular flexibility index (Phi) is 5.43. The zero-order valence-electron chi connectivity index (χ0n) is 12.5. The monoisotopic (exact) mass is 323 g/mol. The standard InChI is InChI=1S/C16H19Cl2N3/c1-4-5-15-19-14(18)10-16(20-15)21(3)11(2)12-6-8-13(17)9-7-12/h6-11H,4-5H2,1-3H3. The van der Waals surface area contributed by atoms with Crippen LogP contribution in [0.25, 0.3) is 0 Å². The first-order chi connectivity index (χ1) is 10.0. The normalized spacial score (nSPS) is 12.2. The van der Waals surface area contributed by atoms with Crippen molar-refractivity contribution in [1.82, 2.24) is 9.97 Å². The van der Waals surface area contributed by atoms with E-state index in [0.717, 1.165) is 29.5 Å². The number of hydrogen-bond donors (Lipinski definition) is 0. The molecular formula is C16H19Cl2N3. The van der Waals surface area contributed by atoms with Crippen molar-refractivity contribution in [2.75, 3.05) is 11.9 Å². The van der Waals surface area contributed by atoms with Gasteiger partial charge in [0.2, 0.25) is 0 Å². The Morgan fingerprint density at radius 3 is 2.43 bits per heavy atom. The highest BCUT2D eigenvalue weighted by Gasteiger charge is 2.15. The molecule has 1 atom stereocenters. The van der Waals surface area contributed by atoms with E-state index in [0.29, 0.717) is 5.15 Å². The lowest BCUT2D eigenvalue weighted by molar-refractivity contribution is 0.718. The third-order valence-electron chi connectivity index (χ3n) is 3.50. The van der Waals surface area contributed by atoms with Crippen LogP contribution in [0.2, 0.25) is 10.2 Å². The number of aryl methyl sites for hydroxylation is 1. The van der Waals surface area contributed by atoms with Gasteiger partial charge in [0.15, 0.2) is 0 Å². The lowest BCUT2D eigenvalue weighted by atomic mass is 10.1. The van der Waals surface area contributed by atoms with Crippen molar-refractivity contribution in [1.29, 1.82) is 0 Å². The SMILES string of the molecule is CCCc1nc(Cl)cc(N(C)C(C)c2ccc(Cl)cc2)n1. The number of rotatable bonds is 5. The van der Waals surface area contributed by atoms with Gasteiger partial charge in [-0.15, -0.1) is 0 Å². The van der Waals surface area contributed by atoms with E-state index in [1.54, 1.807) is 6.07 Å². The summed E-state index contributed by atoms with van der Waals surface area (Å²) in [6, 6.07) is 9.82. The van der Waals surface area contributed by atoms with Gasteiger partial charge < -0.3 is 4.90 Å². The molecule has 0 saturated carbocycles. The van der Waals surface area contributed by atoms with Crippen molar-refractivity contribution < 1.29 is 0 Å². The Morgan fingerprint density at radius 2 is 1.81 bits per heavy atom. The maximum absolute atomic E-state index is 6.11. The molecule has 0 aliphatic carbocycles. The first kappa shape index (κ1) is 16.1. The molecule has 5 heteroatoms. The zero-order valence-corrected chi connectivity index (χ0v) is 14.0. The molecule has 0 fully saturated rings. The van der Waals surface area contributed by atoms with E-state index in [2.05, 4.69) is 28.7 Å². The van der Waals surface area contributed by atoms with Crippen LogP contribution in [-0.4, -0.2) is 17.0 Å². The third kappa shape index (κ3) is 4.08. The quantitative estimate of drug-likeness (QED) is 0.730. The van der Waals surface area contributed by atoms with Gasteiger partial charge in [-0.1, -0.05) is 42.3 Å². The highest BCUT2D eigenvalue weighted by molar-refractivity contribution is 6.30. The van der Waals surface area contributed by atoms with Crippen LogP contribution >= 0.6 is 23.2 Å². The van der Waals surface area contributed by atoms with Gasteiger partial charge >= 0.3 is 0 Å². The molecule has 2 rings (SSSR count). The topological polar surface area (TPSA) is 29.0 Å². The predicted octanol–water partition coefficient (Wildman–Crippen LogP) is 4.93. The van der Waals surface area contributed by atoms with E-state index in [1.165, 1.54) is 5.56 Å². The van der Waals surface area contributed by atoms with Gasteiger partial charge in [0.25, 0.3) is 0 Å². The smallest absolute Gasteiger partial charge is 0.134 e. The van der Waals surface area contributed by atoms with Gasteiger partial charge in [-0.2, -0.15) is 0 Å². The van der Waals surface area contributed by atoms with Gasteiger partial charge in [0.1, 0.15) is 16.8 Å². The number of aromatic nitrogens is 2. The number of halogens is 2. The van der Waals surface area contributed by atoms with Crippen LogP contribution < -0.4 is 4.90 Å². The van der Waals surface area contributed by atoms with E-state index >= 15 is 0 Å². The van der Waals surface area contributed by atoms with Crippen molar-refractivity contribution in [3.63, 3.8) is 0 Å². The summed E-state index contributed by atoms with van der Waals surface area (Å²) in [5, 5.41) is 1.22. The maximum Gasteiger partial charge on any atom is 0.134 e. The summed E-state index contributed by atoms with van der Waals surface area (Å²) in [6.07, 6.45) is 1.83. The molecule has 2 aromatic rings. The van der Waals surface area contributed by atoms with Crippen LogP contribution in [0.5, 0.6) is 0 Å². The van der Waals surface area contributed by atoms with E-state index in [1.807, 2.05) is 31.3 Å². The molecular weight excluding hydrogens is 305 g/mol. The summed E-state index contributed by atoms with van der Waals surface area (Å²) >= 11 is 12.0. The van der Waals surface area contributed by atoms with Crippen LogP contribution in [0.1, 0.15) is 37.7 Å². The van der Waals surface area contributed by atoms with Gasteiger partial charge in [0, 0.05) is 24.6 Å². The average molecular weight is 324 g/mol. The number of hydrogen-bond acceptors (Lipinski definition) is 3. The third-order valence-corrected chi connectivity index (χ3v) is 3.94. The lowest BCUT2D eigenvalue weighted by Gasteiger charge is -2.26. The second-order valence-electron chi connectivity index (χ2n) is 5.05. The molecule has 21 heavy (non-hydrogen) atoms. The van der Waals surface area contributed by atoms with Gasteiger partial charge in [-0.05, 0) is 31.0 Å². The molecule has 0 spiro atoms. The molecule has 1 unspecified atom stereocenters. The minimum absolute atomic E-state index is 0.169. The number of nitrogens with zero attached hydrogens (tertiary/aromatic N) is 3. The van der Waals surface area contributed by atoms with Gasteiger partial charge in [0.05, 0.1) is 6.04 Å². The van der Waals surface area contributed by atoms with E-state index in [9.17, 15) is 0 Å². The van der Waals surface area contributed by atoms with Crippen LogP contribution in [0, 0.1) is 0 Å². The van der Waals surface area contributed by atoms with Crippen molar-refractivity contribution in [2.24, 2.45) is 0 Å². The minimum atomic E-state index is 0.169. The summed E-state index contributed by atoms with van der Waals surface area (Å²) in [5.74, 6) is 1.62. The average Bonchev–Trinajstić information content (AvgIpc) is 2.46. The first-order valence-corrected chi connectivity index (χ1v) is 7.78. The lowest BCUT2D eigenvalue weighted by Crippen LogP contribution is -2.23. The van der Waals surface area contributed by atoms with Crippen LogP contribution in [0.3, 0.4) is 0 Å². The van der Waals surface area contributed by atoms with Crippen LogP contribution in [0.4, 0.5) is 5.82 Å². The zero-order chi connectivity index (χ0) is 15.4. The largest absolute Gasteiger partial charge is 0.353 e. The van der Waals surface area contributed by atoms with E-state index in [4.69, 9.17) is 23.2 Å². The molecule has 0 amide bonds. The second-order valence-corrected chi connectivity index (χ2v) is 5.88. The van der Waals surface area contributed by atoms with Crippen molar-refractivity contribution in [2.45, 2.75) is 32.7 Å². The minimum Gasteiger partial charge on any atom is -0.353 e. The Hall–Kier alpha value is -1.32.